The molecule has 7 amide bonds. The molecule has 21 N–H and O–H groups in total. The average Bonchev–Trinajstić information content (AvgIpc) is 0.798. The van der Waals surface area contributed by atoms with Crippen molar-refractivity contribution in [3.8, 4) is 57.1 Å². The van der Waals surface area contributed by atoms with Crippen molar-refractivity contribution in [3.63, 3.8) is 0 Å². The minimum Gasteiger partial charge on any atom is -0.508 e. The van der Waals surface area contributed by atoms with Crippen molar-refractivity contribution in [2.24, 2.45) is 23.3 Å². The zero-order valence-corrected chi connectivity index (χ0v) is 59.8. The van der Waals surface area contributed by atoms with Crippen LogP contribution in [0.4, 0.5) is 5.13 Å². The van der Waals surface area contributed by atoms with E-state index in [1.54, 1.807) is 6.92 Å². The number of carbonyl (C=O) groups excluding carboxylic acids is 7. The fraction of sp³-hybridized carbons (Fsp3) is 0.412. The van der Waals surface area contributed by atoms with Gasteiger partial charge in [-0.1, -0.05) is 85.3 Å². The highest BCUT2D eigenvalue weighted by atomic mass is 35.5. The number of phenols is 3. The number of aliphatic hydroxyl groups excluding tert-OH is 5. The Hall–Kier alpha value is -9.41. The number of carbonyl (C=O) groups is 8. The molecule has 0 aliphatic carbocycles. The van der Waals surface area contributed by atoms with Crippen molar-refractivity contribution in [1.29, 1.82) is 0 Å². The number of hydrogen-bond acceptors (Lipinski definition) is 28. The largest absolute Gasteiger partial charge is 0.508 e. The highest BCUT2D eigenvalue weighted by Gasteiger charge is 2.52. The Morgan fingerprint density at radius 3 is 1.96 bits per heavy atom. The number of amides is 7. The number of nitrogens with two attached hydrogens (primary N) is 3. The number of anilines is 1. The van der Waals surface area contributed by atoms with Crippen LogP contribution in [0.3, 0.4) is 0 Å². The van der Waals surface area contributed by atoms with Crippen LogP contribution >= 0.6 is 46.3 Å². The summed E-state index contributed by atoms with van der Waals surface area (Å²) in [6.45, 7) is 8.28. The molecule has 13 rings (SSSR count). The number of aromatic nitrogens is 2. The van der Waals surface area contributed by atoms with E-state index in [1.807, 2.05) is 13.8 Å². The van der Waals surface area contributed by atoms with Gasteiger partial charge in [-0.25, -0.2) is 4.79 Å². The molecule has 2 saturated heterocycles. The van der Waals surface area contributed by atoms with Crippen LogP contribution in [0.1, 0.15) is 112 Å². The molecule has 34 nitrogen and oxygen atoms in total. The summed E-state index contributed by atoms with van der Waals surface area (Å²) in [6, 6.07) is 0.594. The van der Waals surface area contributed by atoms with Gasteiger partial charge in [0.1, 0.15) is 83.4 Å². The van der Waals surface area contributed by atoms with Crippen molar-refractivity contribution in [2.45, 2.75) is 161 Å². The summed E-state index contributed by atoms with van der Waals surface area (Å²) in [4.78, 5) is 117. The van der Waals surface area contributed by atoms with Crippen LogP contribution in [0.5, 0.6) is 46.0 Å². The van der Waals surface area contributed by atoms with Crippen molar-refractivity contribution >= 4 is 98.8 Å². The zero-order chi connectivity index (χ0) is 76.8. The lowest BCUT2D eigenvalue weighted by Gasteiger charge is -2.47. The first kappa shape index (κ1) is 77.7. The summed E-state index contributed by atoms with van der Waals surface area (Å²) in [7, 11) is 0. The molecule has 2 fully saturated rings. The highest BCUT2D eigenvalue weighted by molar-refractivity contribution is 8.01. The summed E-state index contributed by atoms with van der Waals surface area (Å²) in [5, 5.41) is 127. The maximum absolute atomic E-state index is 16.1. The lowest BCUT2D eigenvalue weighted by molar-refractivity contribution is -0.329. The summed E-state index contributed by atoms with van der Waals surface area (Å²) in [6.07, 6.45) is -17.9. The van der Waals surface area contributed by atoms with Gasteiger partial charge >= 0.3 is 5.97 Å². The minimum absolute atomic E-state index is 0.0428. The summed E-state index contributed by atoms with van der Waals surface area (Å²) in [5.74, 6) is -16.6. The van der Waals surface area contributed by atoms with Gasteiger partial charge in [-0.15, -0.1) is 10.2 Å². The maximum Gasteiger partial charge on any atom is 0.330 e. The van der Waals surface area contributed by atoms with Gasteiger partial charge in [0.2, 0.25) is 58.5 Å². The molecule has 0 radical (unpaired) electrons. The van der Waals surface area contributed by atoms with Gasteiger partial charge in [0.15, 0.2) is 34.3 Å². The molecular weight excluding hydrogens is 1470 g/mol. The molecule has 7 aliphatic heterocycles. The smallest absolute Gasteiger partial charge is 0.330 e. The number of rotatable bonds is 14. The third-order valence-electron chi connectivity index (χ3n) is 18.3. The standard InChI is InChI=1S/C68H75Cl2N11O23S2/c1-23(2)12-24(3)58(91)78-49-51(86)27-7-10-38(33(69)14-27)100-40-16-29-17-41(55(40)104-65-56(103-44-21-68(5,73)57(90)25(4)99-44)54(89)53(88)42(102-65)22-105-67-81-80-66(72)106-67)101-39-11-8-28(15-34(39)70)52(87)50-63(96)77-48(64(97)98)32-18-30(82)19-37(84)45(32)31-13-26(6-9-36(31)83)46(60(93)79-50)76-61(94)47(29)75-59(92)35(20-43(71)85)74-62(49)95/h6-11,13-19,23-25,35,42,44,46-54,56-57,65,82-84,86-90H,12,20-22,73H2,1-5H3,(H2,71,85)(H2,72,80)(H,74,95)(H,75,92)(H,76,94)(H,77,96)(H,78,91)(H,79,93)(H,97,98)/t24-,25?,35+,42?,44?,46?,47-,48-,49-,50+,51-,52-,53?,54?,56?,57?,65?,68?/m1/s1. The Balaban J connectivity index is 1.16. The van der Waals surface area contributed by atoms with Crippen LogP contribution in [0, 0.1) is 11.8 Å². The van der Waals surface area contributed by atoms with Crippen LogP contribution in [0.25, 0.3) is 11.1 Å². The van der Waals surface area contributed by atoms with Crippen LogP contribution in [-0.4, -0.2) is 182 Å². The first-order valence-electron chi connectivity index (χ1n) is 32.9. The van der Waals surface area contributed by atoms with Crippen LogP contribution in [-0.2, 0) is 52.6 Å². The number of fused-ring (bicyclic) bond motifs is 15. The van der Waals surface area contributed by atoms with E-state index in [2.05, 4.69) is 42.1 Å². The SMILES string of the molecule is CC(C)C[C@@H](C)C(=O)N[C@H]1C(=O)N[C@@H](CC(N)=O)C(=O)N[C@H]2C(=O)NC3C(=O)N[C@H](C(=O)N[C@@H](C(=O)O)c4cc(O)cc(O)c4-c4cc3ccc4O)[C@H](O)c3ccc(c(Cl)c3)Oc3cc2cc(c3OC2OC(CSc3nnc(N)s3)C(O)C(O)C2OC2CC(C)(N)C(O)C(C)O2)Oc2ccc(cc2Cl)[C@H]1O. The number of carboxylic acid groups (broad SMARTS) is 1. The van der Waals surface area contributed by atoms with Gasteiger partial charge < -0.3 is 123 Å². The van der Waals surface area contributed by atoms with E-state index in [0.717, 1.165) is 89.8 Å². The minimum atomic E-state index is -2.34. The molecule has 38 heteroatoms. The number of benzene rings is 5. The van der Waals surface area contributed by atoms with Crippen LogP contribution < -0.4 is 63.3 Å². The number of aliphatic carboxylic acids is 1. The maximum atomic E-state index is 16.1. The van der Waals surface area contributed by atoms with E-state index in [9.17, 15) is 69.9 Å². The van der Waals surface area contributed by atoms with E-state index in [0.29, 0.717) is 10.8 Å². The first-order chi connectivity index (χ1) is 50.0. The molecule has 6 aromatic rings. The second-order valence-corrected chi connectivity index (χ2v) is 29.9. The lowest BCUT2D eigenvalue weighted by Crippen LogP contribution is -2.64. The Morgan fingerprint density at radius 2 is 1.36 bits per heavy atom. The molecule has 11 bridgehead atoms. The Kier molecular flexibility index (Phi) is 23.1. The molecule has 0 saturated carbocycles. The second-order valence-electron chi connectivity index (χ2n) is 26.8. The average molecular weight is 1550 g/mol. The Morgan fingerprint density at radius 1 is 0.736 bits per heavy atom. The molecule has 0 spiro atoms. The quantitative estimate of drug-likeness (QED) is 0.0696. The number of primary amides is 1. The van der Waals surface area contributed by atoms with Gasteiger partial charge in [-0.2, -0.15) is 0 Å². The van der Waals surface area contributed by atoms with Gasteiger partial charge in [0.25, 0.3) is 0 Å². The number of ether oxygens (including phenoxy) is 6. The summed E-state index contributed by atoms with van der Waals surface area (Å²) in [5.41, 5.74) is 14.1. The number of nitrogens with zero attached hydrogens (tertiary/aromatic N) is 2. The molecule has 10 unspecified atom stereocenters. The number of aliphatic hydroxyl groups is 5. The predicted molar refractivity (Wildman–Crippen MR) is 374 cm³/mol. The molecule has 18 atom stereocenters. The van der Waals surface area contributed by atoms with Crippen LogP contribution in [0.2, 0.25) is 10.0 Å². The third-order valence-corrected chi connectivity index (χ3v) is 20.9. The first-order valence-corrected chi connectivity index (χ1v) is 35.5. The van der Waals surface area contributed by atoms with E-state index in [1.165, 1.54) is 26.0 Å². The Bertz CT molecular complexity index is 4440. The van der Waals surface area contributed by atoms with Crippen molar-refractivity contribution in [3.05, 3.63) is 117 Å². The molecule has 566 valence electrons. The number of hydrogen-bond donors (Lipinski definition) is 18. The monoisotopic (exact) mass is 1550 g/mol. The van der Waals surface area contributed by atoms with Gasteiger partial charge in [-0.05, 0) is 103 Å². The second kappa shape index (κ2) is 31.6. The van der Waals surface area contributed by atoms with E-state index in [-0.39, 0.29) is 56.4 Å². The van der Waals surface area contributed by atoms with E-state index in [4.69, 9.17) is 68.8 Å². The van der Waals surface area contributed by atoms with Gasteiger partial charge in [0, 0.05) is 46.4 Å². The number of thioether (sulfide) groups is 1. The van der Waals surface area contributed by atoms with Crippen molar-refractivity contribution in [2.75, 3.05) is 11.5 Å². The molecule has 5 aromatic carbocycles. The van der Waals surface area contributed by atoms with Crippen molar-refractivity contribution < 1.29 is 113 Å². The number of phenolic OH excluding ortho intramolecular Hbond substituents is 3. The number of aromatic hydroxyl groups is 3. The summed E-state index contributed by atoms with van der Waals surface area (Å²) < 4.78 is 39.7. The Labute approximate surface area is 620 Å². The van der Waals surface area contributed by atoms with Gasteiger partial charge in [0.05, 0.1) is 34.8 Å². The van der Waals surface area contributed by atoms with Crippen LogP contribution in [0.15, 0.2) is 83.2 Å². The topological polar surface area (TPSA) is 550 Å². The predicted octanol–water partition coefficient (Wildman–Crippen LogP) is 2.39. The normalized spacial score (nSPS) is 28.6. The van der Waals surface area contributed by atoms with Gasteiger partial charge in [-0.3, -0.25) is 33.6 Å². The summed E-state index contributed by atoms with van der Waals surface area (Å²) >= 11 is 16.2. The fourth-order valence-electron chi connectivity index (χ4n) is 12.9. The number of nitrogens with one attached hydrogen (secondary N) is 6. The lowest BCUT2D eigenvalue weighted by atomic mass is 9.86. The van der Waals surface area contributed by atoms with E-state index < -0.39 is 225 Å². The number of nitrogen functional groups attached to an aromatic ring is 1. The molecule has 8 heterocycles. The number of halogens is 2. The third kappa shape index (κ3) is 16.7. The van der Waals surface area contributed by atoms with Crippen molar-refractivity contribution in [1.82, 2.24) is 42.1 Å². The molecule has 106 heavy (non-hydrogen) atoms. The molecule has 7 aliphatic rings. The zero-order valence-electron chi connectivity index (χ0n) is 56.7. The highest BCUT2D eigenvalue weighted by Crippen LogP contribution is 2.50. The molecular formula is C68H75Cl2N11O23S2. The number of carboxylic acids is 1. The molecule has 1 aromatic heterocycles. The fourth-order valence-corrected chi connectivity index (χ4v) is 15.1. The van der Waals surface area contributed by atoms with E-state index >= 15 is 14.4 Å².